The van der Waals surface area contributed by atoms with Crippen molar-refractivity contribution in [2.75, 3.05) is 26.9 Å². The standard InChI is InChI=1S/C28H28O7/c1-3-28(18-33-25(29)21-10-6-4-7-11-21,19-34-26(30)22-12-8-5-9-13-22)20-35-27(31)23-14-16-24(32-2)17-15-23/h4-17H,3,18-20H2,1-2H3. The molecule has 3 rings (SSSR count). The van der Waals surface area contributed by atoms with Crippen LogP contribution in [0.3, 0.4) is 0 Å². The average molecular weight is 477 g/mol. The highest BCUT2D eigenvalue weighted by molar-refractivity contribution is 5.90. The summed E-state index contributed by atoms with van der Waals surface area (Å²) >= 11 is 0. The van der Waals surface area contributed by atoms with Crippen LogP contribution in [0.15, 0.2) is 84.9 Å². The van der Waals surface area contributed by atoms with Crippen LogP contribution in [0.2, 0.25) is 0 Å². The first-order valence-corrected chi connectivity index (χ1v) is 11.2. The molecule has 0 fully saturated rings. The van der Waals surface area contributed by atoms with Crippen molar-refractivity contribution < 1.29 is 33.3 Å². The molecule has 0 atom stereocenters. The van der Waals surface area contributed by atoms with Crippen LogP contribution in [0.5, 0.6) is 5.75 Å². The van der Waals surface area contributed by atoms with Crippen LogP contribution in [0.1, 0.15) is 44.4 Å². The van der Waals surface area contributed by atoms with Crippen LogP contribution in [0.4, 0.5) is 0 Å². The van der Waals surface area contributed by atoms with Gasteiger partial charge >= 0.3 is 17.9 Å². The molecule has 0 aliphatic heterocycles. The van der Waals surface area contributed by atoms with Crippen LogP contribution < -0.4 is 4.74 Å². The molecule has 35 heavy (non-hydrogen) atoms. The summed E-state index contributed by atoms with van der Waals surface area (Å²) in [6.45, 7) is 1.54. The van der Waals surface area contributed by atoms with E-state index in [0.717, 1.165) is 0 Å². The minimum absolute atomic E-state index is 0.102. The molecular formula is C28H28O7. The van der Waals surface area contributed by atoms with E-state index in [1.807, 2.05) is 6.92 Å². The Morgan fingerprint density at radius 1 is 0.600 bits per heavy atom. The van der Waals surface area contributed by atoms with Gasteiger partial charge in [-0.3, -0.25) is 0 Å². The SMILES string of the molecule is CCC(COC(=O)c1ccccc1)(COC(=O)c1ccccc1)COC(=O)c1ccc(OC)cc1. The van der Waals surface area contributed by atoms with Gasteiger partial charge in [0, 0.05) is 0 Å². The fourth-order valence-corrected chi connectivity index (χ4v) is 3.21. The van der Waals surface area contributed by atoms with E-state index in [1.54, 1.807) is 84.9 Å². The van der Waals surface area contributed by atoms with Gasteiger partial charge in [0.2, 0.25) is 0 Å². The van der Waals surface area contributed by atoms with Gasteiger partial charge in [-0.1, -0.05) is 43.3 Å². The number of hydrogen-bond donors (Lipinski definition) is 0. The molecule has 0 bridgehead atoms. The Hall–Kier alpha value is -4.13. The van der Waals surface area contributed by atoms with Crippen molar-refractivity contribution in [3.63, 3.8) is 0 Å². The predicted molar refractivity (Wildman–Crippen MR) is 129 cm³/mol. The minimum Gasteiger partial charge on any atom is -0.497 e. The van der Waals surface area contributed by atoms with E-state index in [2.05, 4.69) is 0 Å². The van der Waals surface area contributed by atoms with Crippen LogP contribution in [0, 0.1) is 5.41 Å². The summed E-state index contributed by atoms with van der Waals surface area (Å²) in [5.41, 5.74) is 0.207. The number of ether oxygens (including phenoxy) is 4. The number of esters is 3. The maximum Gasteiger partial charge on any atom is 0.338 e. The van der Waals surface area contributed by atoms with Gasteiger partial charge in [-0.2, -0.15) is 0 Å². The molecule has 0 N–H and O–H groups in total. The van der Waals surface area contributed by atoms with Crippen molar-refractivity contribution >= 4 is 17.9 Å². The number of hydrogen-bond acceptors (Lipinski definition) is 7. The third-order valence-electron chi connectivity index (χ3n) is 5.62. The van der Waals surface area contributed by atoms with Gasteiger partial charge in [0.15, 0.2) is 0 Å². The number of methoxy groups -OCH3 is 1. The van der Waals surface area contributed by atoms with Gasteiger partial charge in [-0.05, 0) is 55.0 Å². The quantitative estimate of drug-likeness (QED) is 0.285. The van der Waals surface area contributed by atoms with Crippen LogP contribution >= 0.6 is 0 Å². The van der Waals surface area contributed by atoms with E-state index in [1.165, 1.54) is 7.11 Å². The van der Waals surface area contributed by atoms with Gasteiger partial charge < -0.3 is 18.9 Å². The van der Waals surface area contributed by atoms with E-state index in [9.17, 15) is 14.4 Å². The Morgan fingerprint density at radius 3 is 1.31 bits per heavy atom. The third-order valence-corrected chi connectivity index (χ3v) is 5.62. The lowest BCUT2D eigenvalue weighted by molar-refractivity contribution is -0.0381. The van der Waals surface area contributed by atoms with Crippen molar-refractivity contribution in [2.45, 2.75) is 13.3 Å². The Bertz CT molecular complexity index is 1050. The second kappa shape index (κ2) is 12.4. The summed E-state index contributed by atoms with van der Waals surface area (Å²) in [6.07, 6.45) is 0.424. The van der Waals surface area contributed by atoms with E-state index in [-0.39, 0.29) is 19.8 Å². The van der Waals surface area contributed by atoms with Gasteiger partial charge in [-0.15, -0.1) is 0 Å². The largest absolute Gasteiger partial charge is 0.497 e. The lowest BCUT2D eigenvalue weighted by atomic mass is 9.88. The molecule has 0 saturated heterocycles. The molecule has 0 radical (unpaired) electrons. The number of benzene rings is 3. The minimum atomic E-state index is -0.934. The summed E-state index contributed by atoms with van der Waals surface area (Å²) in [6, 6.07) is 23.7. The third kappa shape index (κ3) is 7.17. The monoisotopic (exact) mass is 476 g/mol. The van der Waals surface area contributed by atoms with E-state index < -0.39 is 23.3 Å². The summed E-state index contributed by atoms with van der Waals surface area (Å²) in [7, 11) is 1.54. The molecule has 0 saturated carbocycles. The maximum atomic E-state index is 12.6. The zero-order valence-corrected chi connectivity index (χ0v) is 19.8. The fraction of sp³-hybridized carbons (Fsp3) is 0.250. The topological polar surface area (TPSA) is 88.1 Å². The molecule has 0 aliphatic carbocycles. The molecule has 0 aromatic heterocycles. The molecule has 3 aromatic carbocycles. The lowest BCUT2D eigenvalue weighted by Crippen LogP contribution is -2.39. The number of carbonyl (C=O) groups excluding carboxylic acids is 3. The summed E-state index contributed by atoms with van der Waals surface area (Å²) in [5.74, 6) is -0.960. The highest BCUT2D eigenvalue weighted by atomic mass is 16.6. The van der Waals surface area contributed by atoms with Gasteiger partial charge in [0.05, 0.1) is 29.2 Å². The second-order valence-corrected chi connectivity index (χ2v) is 8.04. The van der Waals surface area contributed by atoms with E-state index in [0.29, 0.717) is 28.9 Å². The normalized spacial score (nSPS) is 10.8. The first kappa shape index (κ1) is 25.5. The van der Waals surface area contributed by atoms with Crippen molar-refractivity contribution in [3.8, 4) is 5.75 Å². The second-order valence-electron chi connectivity index (χ2n) is 8.04. The molecule has 7 heteroatoms. The zero-order valence-electron chi connectivity index (χ0n) is 19.8. The Morgan fingerprint density at radius 2 is 0.971 bits per heavy atom. The smallest absolute Gasteiger partial charge is 0.338 e. The lowest BCUT2D eigenvalue weighted by Gasteiger charge is -2.31. The number of rotatable bonds is 11. The first-order chi connectivity index (χ1) is 17.0. The molecule has 0 unspecified atom stereocenters. The van der Waals surface area contributed by atoms with E-state index >= 15 is 0 Å². The van der Waals surface area contributed by atoms with Crippen molar-refractivity contribution in [1.29, 1.82) is 0 Å². The Balaban J connectivity index is 1.72. The Labute approximate surface area is 204 Å². The molecule has 7 nitrogen and oxygen atoms in total. The molecule has 0 spiro atoms. The van der Waals surface area contributed by atoms with Crippen molar-refractivity contribution in [3.05, 3.63) is 102 Å². The summed E-state index contributed by atoms with van der Waals surface area (Å²) < 4.78 is 21.8. The zero-order chi connectivity index (χ0) is 25.1. The van der Waals surface area contributed by atoms with Crippen LogP contribution in [-0.4, -0.2) is 44.8 Å². The Kier molecular flexibility index (Phi) is 9.01. The first-order valence-electron chi connectivity index (χ1n) is 11.2. The maximum absolute atomic E-state index is 12.6. The molecule has 0 aliphatic rings. The van der Waals surface area contributed by atoms with Crippen molar-refractivity contribution in [1.82, 2.24) is 0 Å². The van der Waals surface area contributed by atoms with Crippen molar-refractivity contribution in [2.24, 2.45) is 5.41 Å². The van der Waals surface area contributed by atoms with E-state index in [4.69, 9.17) is 18.9 Å². The molecule has 3 aromatic rings. The van der Waals surface area contributed by atoms with Crippen LogP contribution in [0.25, 0.3) is 0 Å². The fourth-order valence-electron chi connectivity index (χ4n) is 3.21. The molecule has 0 amide bonds. The number of carbonyl (C=O) groups is 3. The highest BCUT2D eigenvalue weighted by Gasteiger charge is 2.34. The van der Waals surface area contributed by atoms with Crippen LogP contribution in [-0.2, 0) is 14.2 Å². The summed E-state index contributed by atoms with van der Waals surface area (Å²) in [4.78, 5) is 37.7. The summed E-state index contributed by atoms with van der Waals surface area (Å²) in [5, 5.41) is 0. The van der Waals surface area contributed by atoms with Gasteiger partial charge in [0.1, 0.15) is 25.6 Å². The molecular weight excluding hydrogens is 448 g/mol. The predicted octanol–water partition coefficient (Wildman–Crippen LogP) is 4.96. The molecule has 182 valence electrons. The van der Waals surface area contributed by atoms with Gasteiger partial charge in [-0.25, -0.2) is 14.4 Å². The van der Waals surface area contributed by atoms with Gasteiger partial charge in [0.25, 0.3) is 0 Å². The average Bonchev–Trinajstić information content (AvgIpc) is 2.93. The molecule has 0 heterocycles. The highest BCUT2D eigenvalue weighted by Crippen LogP contribution is 2.26.